The Bertz CT molecular complexity index is 624. The van der Waals surface area contributed by atoms with Crippen LogP contribution in [0.3, 0.4) is 0 Å². The van der Waals surface area contributed by atoms with Crippen LogP contribution in [0.5, 0.6) is 0 Å². The molecule has 0 atom stereocenters. The van der Waals surface area contributed by atoms with Gasteiger partial charge in [-0.05, 0) is 23.7 Å². The molecule has 1 aromatic heterocycles. The Labute approximate surface area is 134 Å². The predicted molar refractivity (Wildman–Crippen MR) is 83.9 cm³/mol. The third-order valence-corrected chi connectivity index (χ3v) is 3.60. The minimum absolute atomic E-state index is 0. The topological polar surface area (TPSA) is 47.4 Å². The highest BCUT2D eigenvalue weighted by Gasteiger charge is 2.17. The van der Waals surface area contributed by atoms with E-state index in [1.54, 1.807) is 0 Å². The molecule has 0 N–H and O–H groups in total. The van der Waals surface area contributed by atoms with Gasteiger partial charge in [-0.25, -0.2) is 4.98 Å². The first-order valence-electron chi connectivity index (χ1n) is 6.66. The molecule has 0 radical (unpaired) electrons. The van der Waals surface area contributed by atoms with Gasteiger partial charge in [-0.15, -0.1) is 12.4 Å². The van der Waals surface area contributed by atoms with E-state index in [4.69, 9.17) is 16.3 Å². The second-order valence-electron chi connectivity index (χ2n) is 4.85. The van der Waals surface area contributed by atoms with Gasteiger partial charge in [0, 0.05) is 13.1 Å². The van der Waals surface area contributed by atoms with E-state index in [0.29, 0.717) is 6.54 Å². The molecule has 2 aromatic rings. The fourth-order valence-corrected chi connectivity index (χ4v) is 2.63. The number of fused-ring (bicyclic) bond motifs is 1. The summed E-state index contributed by atoms with van der Waals surface area (Å²) in [6.07, 6.45) is 0. The molecular formula is C14H17Cl2N3O2. The predicted octanol–water partition coefficient (Wildman–Crippen LogP) is 2.06. The molecule has 1 saturated heterocycles. The quantitative estimate of drug-likeness (QED) is 0.805. The lowest BCUT2D eigenvalue weighted by Crippen LogP contribution is -2.36. The summed E-state index contributed by atoms with van der Waals surface area (Å²) in [5.74, 6) is 0.877. The lowest BCUT2D eigenvalue weighted by Gasteiger charge is -2.26. The number of ether oxygens (including phenoxy) is 1. The number of rotatable bonds is 4. The number of imidazole rings is 1. The Hall–Kier alpha value is -1.14. The van der Waals surface area contributed by atoms with Gasteiger partial charge in [0.15, 0.2) is 0 Å². The summed E-state index contributed by atoms with van der Waals surface area (Å²) in [6.45, 7) is 4.13. The molecule has 5 nitrogen and oxygen atoms in total. The number of morpholine rings is 1. The Morgan fingerprint density at radius 3 is 2.71 bits per heavy atom. The van der Waals surface area contributed by atoms with Crippen molar-refractivity contribution in [2.75, 3.05) is 26.3 Å². The molecule has 0 spiro atoms. The minimum atomic E-state index is -0.378. The normalized spacial score (nSPS) is 15.9. The molecule has 7 heteroatoms. The van der Waals surface area contributed by atoms with Gasteiger partial charge in [-0.1, -0.05) is 12.1 Å². The van der Waals surface area contributed by atoms with Gasteiger partial charge in [0.2, 0.25) is 5.24 Å². The number of hydrogen-bond acceptors (Lipinski definition) is 4. The molecular weight excluding hydrogens is 313 g/mol. The van der Waals surface area contributed by atoms with Crippen molar-refractivity contribution in [3.05, 3.63) is 30.1 Å². The summed E-state index contributed by atoms with van der Waals surface area (Å²) in [4.78, 5) is 18.2. The third-order valence-electron chi connectivity index (χ3n) is 3.48. The van der Waals surface area contributed by atoms with Crippen LogP contribution in [0.25, 0.3) is 11.0 Å². The minimum Gasteiger partial charge on any atom is -0.379 e. The van der Waals surface area contributed by atoms with Gasteiger partial charge in [0.25, 0.3) is 0 Å². The molecule has 1 aliphatic rings. The standard InChI is InChI=1S/C14H16ClN3O2.ClH/c15-13(19)9-18-12-4-2-1-3-11(12)16-14(18)10-17-5-7-20-8-6-17;/h1-4H,5-10H2;1H. The van der Waals surface area contributed by atoms with Crippen molar-refractivity contribution in [3.8, 4) is 0 Å². The summed E-state index contributed by atoms with van der Waals surface area (Å²) >= 11 is 5.56. The number of nitrogens with zero attached hydrogens (tertiary/aromatic N) is 3. The first-order valence-corrected chi connectivity index (χ1v) is 7.04. The van der Waals surface area contributed by atoms with E-state index in [-0.39, 0.29) is 24.2 Å². The van der Waals surface area contributed by atoms with Crippen molar-refractivity contribution in [2.45, 2.75) is 13.1 Å². The molecule has 1 aromatic carbocycles. The van der Waals surface area contributed by atoms with Crippen LogP contribution in [0, 0.1) is 0 Å². The number of carbonyl (C=O) groups is 1. The molecule has 0 amide bonds. The Balaban J connectivity index is 0.00000161. The van der Waals surface area contributed by atoms with Crippen LogP contribution in [-0.2, 0) is 22.6 Å². The van der Waals surface area contributed by atoms with Crippen LogP contribution in [0.4, 0.5) is 0 Å². The molecule has 3 rings (SSSR count). The SMILES string of the molecule is Cl.O=C(Cl)Cn1c(CN2CCOCC2)nc2ccccc21. The van der Waals surface area contributed by atoms with Crippen LogP contribution in [0.1, 0.15) is 5.82 Å². The fraction of sp³-hybridized carbons (Fsp3) is 0.429. The number of hydrogen-bond donors (Lipinski definition) is 0. The fourth-order valence-electron chi connectivity index (χ4n) is 2.51. The summed E-state index contributed by atoms with van der Waals surface area (Å²) < 4.78 is 7.25. The van der Waals surface area contributed by atoms with Crippen molar-refractivity contribution in [2.24, 2.45) is 0 Å². The second-order valence-corrected chi connectivity index (χ2v) is 5.27. The summed E-state index contributed by atoms with van der Waals surface area (Å²) in [5.41, 5.74) is 1.85. The average molecular weight is 330 g/mol. The van der Waals surface area contributed by atoms with Gasteiger partial charge < -0.3 is 9.30 Å². The zero-order chi connectivity index (χ0) is 13.9. The van der Waals surface area contributed by atoms with E-state index in [1.165, 1.54) is 0 Å². The van der Waals surface area contributed by atoms with E-state index in [1.807, 2.05) is 28.8 Å². The maximum absolute atomic E-state index is 11.3. The third kappa shape index (κ3) is 3.74. The van der Waals surface area contributed by atoms with Crippen LogP contribution >= 0.6 is 24.0 Å². The maximum Gasteiger partial charge on any atom is 0.241 e. The molecule has 2 heterocycles. The molecule has 114 valence electrons. The largest absolute Gasteiger partial charge is 0.379 e. The highest BCUT2D eigenvalue weighted by Crippen LogP contribution is 2.18. The van der Waals surface area contributed by atoms with Crippen molar-refractivity contribution < 1.29 is 9.53 Å². The van der Waals surface area contributed by atoms with Gasteiger partial charge in [0.1, 0.15) is 5.82 Å². The highest BCUT2D eigenvalue weighted by molar-refractivity contribution is 6.63. The summed E-state index contributed by atoms with van der Waals surface area (Å²) in [7, 11) is 0. The Morgan fingerprint density at radius 1 is 1.29 bits per heavy atom. The average Bonchev–Trinajstić information content (AvgIpc) is 2.78. The van der Waals surface area contributed by atoms with Crippen molar-refractivity contribution in [1.82, 2.24) is 14.5 Å². The van der Waals surface area contributed by atoms with Crippen molar-refractivity contribution >= 4 is 40.3 Å². The van der Waals surface area contributed by atoms with E-state index in [0.717, 1.165) is 43.2 Å². The van der Waals surface area contributed by atoms with Gasteiger partial charge >= 0.3 is 0 Å². The molecule has 0 aliphatic carbocycles. The molecule has 0 unspecified atom stereocenters. The van der Waals surface area contributed by atoms with E-state index < -0.39 is 0 Å². The van der Waals surface area contributed by atoms with E-state index in [9.17, 15) is 4.79 Å². The molecule has 0 saturated carbocycles. The van der Waals surface area contributed by atoms with Crippen LogP contribution in [0.2, 0.25) is 0 Å². The van der Waals surface area contributed by atoms with Crippen LogP contribution in [-0.4, -0.2) is 46.0 Å². The van der Waals surface area contributed by atoms with Crippen LogP contribution < -0.4 is 0 Å². The van der Waals surface area contributed by atoms with Gasteiger partial charge in [0.05, 0.1) is 37.3 Å². The van der Waals surface area contributed by atoms with E-state index >= 15 is 0 Å². The smallest absolute Gasteiger partial charge is 0.241 e. The van der Waals surface area contributed by atoms with E-state index in [2.05, 4.69) is 9.88 Å². The Morgan fingerprint density at radius 2 is 2.00 bits per heavy atom. The number of halogens is 2. The molecule has 21 heavy (non-hydrogen) atoms. The monoisotopic (exact) mass is 329 g/mol. The second kappa shape index (κ2) is 7.22. The number of aromatic nitrogens is 2. The highest BCUT2D eigenvalue weighted by atomic mass is 35.5. The maximum atomic E-state index is 11.3. The lowest BCUT2D eigenvalue weighted by molar-refractivity contribution is -0.112. The lowest BCUT2D eigenvalue weighted by atomic mass is 10.3. The van der Waals surface area contributed by atoms with Crippen LogP contribution in [0.15, 0.2) is 24.3 Å². The summed E-state index contributed by atoms with van der Waals surface area (Å²) in [6, 6.07) is 7.80. The first kappa shape index (κ1) is 16.2. The number of benzene rings is 1. The number of carbonyl (C=O) groups excluding carboxylic acids is 1. The zero-order valence-electron chi connectivity index (χ0n) is 11.5. The van der Waals surface area contributed by atoms with Gasteiger partial charge in [-0.3, -0.25) is 9.69 Å². The van der Waals surface area contributed by atoms with Gasteiger partial charge in [-0.2, -0.15) is 0 Å². The van der Waals surface area contributed by atoms with Crippen molar-refractivity contribution in [3.63, 3.8) is 0 Å². The number of para-hydroxylation sites is 2. The van der Waals surface area contributed by atoms with Crippen molar-refractivity contribution in [1.29, 1.82) is 0 Å². The first-order chi connectivity index (χ1) is 9.74. The molecule has 0 bridgehead atoms. The molecule has 1 aliphatic heterocycles. The molecule has 1 fully saturated rings. The zero-order valence-corrected chi connectivity index (χ0v) is 13.1. The Kier molecular flexibility index (Phi) is 5.58. The summed E-state index contributed by atoms with van der Waals surface area (Å²) in [5, 5.41) is -0.378.